The number of amidine groups is 1. The molecule has 0 saturated heterocycles. The van der Waals surface area contributed by atoms with Crippen LogP contribution in [0.15, 0.2) is 29.4 Å². The van der Waals surface area contributed by atoms with Crippen LogP contribution in [0.25, 0.3) is 0 Å². The third-order valence-corrected chi connectivity index (χ3v) is 2.45. The van der Waals surface area contributed by atoms with Crippen molar-refractivity contribution in [2.24, 2.45) is 10.9 Å². The number of hydrogen-bond acceptors (Lipinski definition) is 4. The molecular weight excluding hydrogens is 246 g/mol. The number of hydrogen-bond donors (Lipinski definition) is 3. The van der Waals surface area contributed by atoms with Gasteiger partial charge in [-0.2, -0.15) is 0 Å². The van der Waals surface area contributed by atoms with Gasteiger partial charge in [0.15, 0.2) is 0 Å². The molecule has 19 heavy (non-hydrogen) atoms. The van der Waals surface area contributed by atoms with E-state index in [2.05, 4.69) is 10.5 Å². The Morgan fingerprint density at radius 2 is 2.11 bits per heavy atom. The second-order valence-electron chi connectivity index (χ2n) is 4.13. The average Bonchev–Trinajstić information content (AvgIpc) is 2.39. The van der Waals surface area contributed by atoms with Crippen molar-refractivity contribution >= 4 is 11.7 Å². The molecule has 0 saturated carbocycles. The number of carbonyl (C=O) groups is 1. The van der Waals surface area contributed by atoms with Crippen molar-refractivity contribution < 1.29 is 14.7 Å². The minimum atomic E-state index is -0.213. The summed E-state index contributed by atoms with van der Waals surface area (Å²) in [5.41, 5.74) is 5.91. The maximum absolute atomic E-state index is 11.9. The van der Waals surface area contributed by atoms with Crippen molar-refractivity contribution in [1.29, 1.82) is 0 Å². The molecule has 1 unspecified atom stereocenters. The first-order chi connectivity index (χ1) is 9.06. The van der Waals surface area contributed by atoms with Gasteiger partial charge in [0, 0.05) is 18.0 Å². The number of carbonyl (C=O) groups excluding carboxylic acids is 1. The summed E-state index contributed by atoms with van der Waals surface area (Å²) in [4.78, 5) is 11.9. The summed E-state index contributed by atoms with van der Waals surface area (Å²) < 4.78 is 5.30. The van der Waals surface area contributed by atoms with Crippen LogP contribution in [0.4, 0.5) is 0 Å². The molecule has 0 aliphatic carbocycles. The zero-order valence-electron chi connectivity index (χ0n) is 11.1. The molecule has 0 radical (unpaired) electrons. The van der Waals surface area contributed by atoms with Gasteiger partial charge in [0.2, 0.25) is 0 Å². The molecule has 6 heteroatoms. The van der Waals surface area contributed by atoms with E-state index in [4.69, 9.17) is 15.7 Å². The SMILES string of the molecule is CCOc1ccc(C(=O)NC(C)CC(N)=NO)cc1. The summed E-state index contributed by atoms with van der Waals surface area (Å²) in [6.07, 6.45) is 0.291. The summed E-state index contributed by atoms with van der Waals surface area (Å²) in [5, 5.41) is 14.1. The predicted octanol–water partition coefficient (Wildman–Crippen LogP) is 1.34. The first-order valence-corrected chi connectivity index (χ1v) is 6.07. The van der Waals surface area contributed by atoms with E-state index in [1.54, 1.807) is 31.2 Å². The van der Waals surface area contributed by atoms with Crippen LogP contribution in [-0.4, -0.2) is 29.6 Å². The summed E-state index contributed by atoms with van der Waals surface area (Å²) in [6.45, 7) is 4.27. The quantitative estimate of drug-likeness (QED) is 0.313. The Labute approximate surface area is 112 Å². The fraction of sp³-hybridized carbons (Fsp3) is 0.385. The summed E-state index contributed by atoms with van der Waals surface area (Å²) in [6, 6.07) is 6.65. The van der Waals surface area contributed by atoms with Gasteiger partial charge in [-0.05, 0) is 38.1 Å². The number of benzene rings is 1. The van der Waals surface area contributed by atoms with E-state index in [1.807, 2.05) is 6.92 Å². The topological polar surface area (TPSA) is 96.9 Å². The van der Waals surface area contributed by atoms with Gasteiger partial charge in [0.1, 0.15) is 11.6 Å². The molecule has 0 spiro atoms. The van der Waals surface area contributed by atoms with Gasteiger partial charge in [-0.25, -0.2) is 0 Å². The van der Waals surface area contributed by atoms with Crippen LogP contribution in [-0.2, 0) is 0 Å². The Morgan fingerprint density at radius 1 is 1.47 bits per heavy atom. The maximum atomic E-state index is 11.9. The zero-order valence-corrected chi connectivity index (χ0v) is 11.1. The molecule has 0 aromatic heterocycles. The standard InChI is InChI=1S/C13H19N3O3/c1-3-19-11-6-4-10(5-7-11)13(17)15-9(2)8-12(14)16-18/h4-7,9,18H,3,8H2,1-2H3,(H2,14,16)(H,15,17). The van der Waals surface area contributed by atoms with Crippen molar-refractivity contribution in [2.45, 2.75) is 26.3 Å². The van der Waals surface area contributed by atoms with E-state index in [0.29, 0.717) is 18.6 Å². The highest BCUT2D eigenvalue weighted by atomic mass is 16.5. The molecule has 104 valence electrons. The van der Waals surface area contributed by atoms with Crippen LogP contribution in [0.1, 0.15) is 30.6 Å². The molecule has 1 aromatic rings. The number of amides is 1. The largest absolute Gasteiger partial charge is 0.494 e. The zero-order chi connectivity index (χ0) is 14.3. The van der Waals surface area contributed by atoms with Gasteiger partial charge in [0.05, 0.1) is 6.61 Å². The van der Waals surface area contributed by atoms with Crippen LogP contribution >= 0.6 is 0 Å². The van der Waals surface area contributed by atoms with E-state index >= 15 is 0 Å². The van der Waals surface area contributed by atoms with Crippen molar-refractivity contribution in [3.63, 3.8) is 0 Å². The van der Waals surface area contributed by atoms with E-state index in [0.717, 1.165) is 5.75 Å². The van der Waals surface area contributed by atoms with Gasteiger partial charge in [0.25, 0.3) is 5.91 Å². The third kappa shape index (κ3) is 4.87. The smallest absolute Gasteiger partial charge is 0.251 e. The lowest BCUT2D eigenvalue weighted by Crippen LogP contribution is -2.35. The second kappa shape index (κ2) is 7.25. The maximum Gasteiger partial charge on any atom is 0.251 e. The highest BCUT2D eigenvalue weighted by Gasteiger charge is 2.11. The third-order valence-electron chi connectivity index (χ3n) is 2.45. The van der Waals surface area contributed by atoms with Crippen LogP contribution in [0.2, 0.25) is 0 Å². The van der Waals surface area contributed by atoms with Gasteiger partial charge in [-0.1, -0.05) is 5.16 Å². The normalized spacial score (nSPS) is 12.8. The highest BCUT2D eigenvalue weighted by molar-refractivity contribution is 5.94. The van der Waals surface area contributed by atoms with Crippen molar-refractivity contribution in [2.75, 3.05) is 6.61 Å². The lowest BCUT2D eigenvalue weighted by molar-refractivity contribution is 0.0941. The molecule has 1 atom stereocenters. The molecule has 1 amide bonds. The summed E-state index contributed by atoms with van der Waals surface area (Å²) in [5.74, 6) is 0.601. The number of nitrogens with one attached hydrogen (secondary N) is 1. The Bertz CT molecular complexity index is 443. The minimum Gasteiger partial charge on any atom is -0.494 e. The Kier molecular flexibility index (Phi) is 5.66. The van der Waals surface area contributed by atoms with Crippen molar-refractivity contribution in [3.8, 4) is 5.75 Å². The Hall–Kier alpha value is -2.24. The Morgan fingerprint density at radius 3 is 2.63 bits per heavy atom. The highest BCUT2D eigenvalue weighted by Crippen LogP contribution is 2.12. The molecule has 6 nitrogen and oxygen atoms in total. The minimum absolute atomic E-state index is 0.0829. The number of nitrogens with two attached hydrogens (primary N) is 1. The molecule has 4 N–H and O–H groups in total. The predicted molar refractivity (Wildman–Crippen MR) is 72.6 cm³/mol. The van der Waals surface area contributed by atoms with Crippen LogP contribution < -0.4 is 15.8 Å². The average molecular weight is 265 g/mol. The summed E-state index contributed by atoms with van der Waals surface area (Å²) >= 11 is 0. The van der Waals surface area contributed by atoms with Gasteiger partial charge in [-0.3, -0.25) is 4.79 Å². The molecule has 0 bridgehead atoms. The lowest BCUT2D eigenvalue weighted by atomic mass is 10.1. The van der Waals surface area contributed by atoms with Crippen LogP contribution in [0.3, 0.4) is 0 Å². The van der Waals surface area contributed by atoms with E-state index < -0.39 is 0 Å². The molecule has 0 heterocycles. The van der Waals surface area contributed by atoms with Crippen LogP contribution in [0, 0.1) is 0 Å². The number of ether oxygens (including phenoxy) is 1. The van der Waals surface area contributed by atoms with E-state index in [9.17, 15) is 4.79 Å². The molecular formula is C13H19N3O3. The van der Waals surface area contributed by atoms with Crippen LogP contribution in [0.5, 0.6) is 5.75 Å². The van der Waals surface area contributed by atoms with Gasteiger partial charge >= 0.3 is 0 Å². The monoisotopic (exact) mass is 265 g/mol. The van der Waals surface area contributed by atoms with Gasteiger partial charge < -0.3 is 21.0 Å². The molecule has 1 aromatic carbocycles. The first kappa shape index (κ1) is 14.8. The van der Waals surface area contributed by atoms with Crippen molar-refractivity contribution in [3.05, 3.63) is 29.8 Å². The number of rotatable bonds is 6. The first-order valence-electron chi connectivity index (χ1n) is 6.07. The molecule has 0 aliphatic heterocycles. The lowest BCUT2D eigenvalue weighted by Gasteiger charge is -2.13. The fourth-order valence-corrected chi connectivity index (χ4v) is 1.58. The Balaban J connectivity index is 2.57. The van der Waals surface area contributed by atoms with Crippen molar-refractivity contribution in [1.82, 2.24) is 5.32 Å². The second-order valence-corrected chi connectivity index (χ2v) is 4.13. The number of nitrogens with zero attached hydrogens (tertiary/aromatic N) is 1. The number of oxime groups is 1. The van der Waals surface area contributed by atoms with E-state index in [1.165, 1.54) is 0 Å². The van der Waals surface area contributed by atoms with Gasteiger partial charge in [-0.15, -0.1) is 0 Å². The fourth-order valence-electron chi connectivity index (χ4n) is 1.58. The molecule has 0 aliphatic rings. The summed E-state index contributed by atoms with van der Waals surface area (Å²) in [7, 11) is 0. The molecule has 1 rings (SSSR count). The van der Waals surface area contributed by atoms with E-state index in [-0.39, 0.29) is 17.8 Å². The molecule has 0 fully saturated rings.